The number of hydrogen-bond acceptors (Lipinski definition) is 4. The van der Waals surface area contributed by atoms with Crippen LogP contribution in [0.5, 0.6) is 0 Å². The monoisotopic (exact) mass is 208 g/mol. The highest BCUT2D eigenvalue weighted by Gasteiger charge is 2.06. The van der Waals surface area contributed by atoms with Crippen molar-refractivity contribution in [3.05, 3.63) is 36.2 Å². The summed E-state index contributed by atoms with van der Waals surface area (Å²) < 4.78 is 25.5. The zero-order valence-electron chi connectivity index (χ0n) is 7.48. The highest BCUT2D eigenvalue weighted by molar-refractivity contribution is 5.55. The summed E-state index contributed by atoms with van der Waals surface area (Å²) in [6, 6.07) is 3.38. The minimum atomic E-state index is -0.952. The minimum Gasteiger partial charge on any atom is -0.368 e. The molecule has 0 saturated heterocycles. The first-order valence-electron chi connectivity index (χ1n) is 4.07. The predicted octanol–water partition coefficient (Wildman–Crippen LogP) is 1.40. The van der Waals surface area contributed by atoms with Gasteiger partial charge in [-0.2, -0.15) is 4.98 Å². The third-order valence-electron chi connectivity index (χ3n) is 1.77. The molecule has 6 heteroatoms. The van der Waals surface area contributed by atoms with Gasteiger partial charge in [-0.3, -0.25) is 0 Å². The second-order valence-corrected chi connectivity index (χ2v) is 2.80. The molecule has 0 aliphatic rings. The van der Waals surface area contributed by atoms with E-state index in [1.165, 1.54) is 12.4 Å². The number of nitrogens with zero attached hydrogens (tertiary/aromatic N) is 3. The van der Waals surface area contributed by atoms with Crippen LogP contribution in [-0.4, -0.2) is 15.0 Å². The number of halogens is 2. The van der Waals surface area contributed by atoms with Crippen LogP contribution in [0.15, 0.2) is 24.5 Å². The summed E-state index contributed by atoms with van der Waals surface area (Å²) in [5.41, 5.74) is 5.68. The summed E-state index contributed by atoms with van der Waals surface area (Å²) in [5, 5.41) is 0. The molecular weight excluding hydrogens is 202 g/mol. The van der Waals surface area contributed by atoms with E-state index in [4.69, 9.17) is 5.73 Å². The van der Waals surface area contributed by atoms with Crippen molar-refractivity contribution < 1.29 is 8.78 Å². The fraction of sp³-hybridized carbons (Fsp3) is 0. The average molecular weight is 208 g/mol. The van der Waals surface area contributed by atoms with Crippen molar-refractivity contribution >= 4 is 5.95 Å². The van der Waals surface area contributed by atoms with Gasteiger partial charge in [0.05, 0.1) is 0 Å². The average Bonchev–Trinajstić information content (AvgIpc) is 2.22. The van der Waals surface area contributed by atoms with Crippen LogP contribution < -0.4 is 5.73 Å². The first-order valence-corrected chi connectivity index (χ1v) is 4.07. The van der Waals surface area contributed by atoms with E-state index in [9.17, 15) is 8.78 Å². The van der Waals surface area contributed by atoms with Crippen molar-refractivity contribution in [1.29, 1.82) is 0 Å². The maximum atomic E-state index is 12.9. The Hall–Kier alpha value is -2.11. The largest absolute Gasteiger partial charge is 0.368 e. The lowest BCUT2D eigenvalue weighted by Gasteiger charge is -2.00. The zero-order valence-corrected chi connectivity index (χ0v) is 7.48. The molecule has 0 bridgehead atoms. The molecule has 0 fully saturated rings. The third-order valence-corrected chi connectivity index (χ3v) is 1.77. The quantitative estimate of drug-likeness (QED) is 0.769. The van der Waals surface area contributed by atoms with Gasteiger partial charge in [0.2, 0.25) is 5.95 Å². The maximum Gasteiger partial charge on any atom is 0.223 e. The highest BCUT2D eigenvalue weighted by atomic mass is 19.2. The molecule has 0 aliphatic carbocycles. The summed E-state index contributed by atoms with van der Waals surface area (Å²) in [6.07, 6.45) is 1.21. The predicted molar refractivity (Wildman–Crippen MR) is 49.6 cm³/mol. The molecule has 1 aromatic heterocycles. The Balaban J connectivity index is 2.50. The third kappa shape index (κ3) is 1.88. The molecular formula is C9H6F2N4. The van der Waals surface area contributed by atoms with Gasteiger partial charge in [-0.1, -0.05) is 0 Å². The Morgan fingerprint density at radius 1 is 1.07 bits per heavy atom. The summed E-state index contributed by atoms with van der Waals surface area (Å²) >= 11 is 0. The lowest BCUT2D eigenvalue weighted by atomic mass is 10.2. The number of nitrogen functional groups attached to an aromatic ring is 1. The van der Waals surface area contributed by atoms with E-state index in [1.54, 1.807) is 0 Å². The number of aromatic nitrogens is 3. The Labute approximate surface area is 83.8 Å². The van der Waals surface area contributed by atoms with Gasteiger partial charge in [0.1, 0.15) is 6.33 Å². The molecule has 76 valence electrons. The molecule has 0 radical (unpaired) electrons. The van der Waals surface area contributed by atoms with E-state index in [-0.39, 0.29) is 11.8 Å². The molecule has 0 atom stereocenters. The normalized spacial score (nSPS) is 10.3. The van der Waals surface area contributed by atoms with Crippen LogP contribution >= 0.6 is 0 Å². The SMILES string of the molecule is Nc1ncnc(-c2ccc(F)c(F)c2)n1. The number of anilines is 1. The number of nitrogens with two attached hydrogens (primary N) is 1. The van der Waals surface area contributed by atoms with Crippen LogP contribution in [0.1, 0.15) is 0 Å². The van der Waals surface area contributed by atoms with Crippen molar-refractivity contribution in [1.82, 2.24) is 15.0 Å². The second kappa shape index (κ2) is 3.56. The van der Waals surface area contributed by atoms with E-state index in [0.29, 0.717) is 5.56 Å². The molecule has 2 N–H and O–H groups in total. The summed E-state index contributed by atoms with van der Waals surface area (Å²) in [7, 11) is 0. The maximum absolute atomic E-state index is 12.9. The minimum absolute atomic E-state index is 0.0322. The van der Waals surface area contributed by atoms with Crippen molar-refractivity contribution in [3.63, 3.8) is 0 Å². The van der Waals surface area contributed by atoms with Crippen LogP contribution in [0.4, 0.5) is 14.7 Å². The summed E-state index contributed by atoms with van der Waals surface area (Å²) in [6.45, 7) is 0. The van der Waals surface area contributed by atoms with E-state index in [1.807, 2.05) is 0 Å². The molecule has 0 saturated carbocycles. The Morgan fingerprint density at radius 3 is 2.53 bits per heavy atom. The molecule has 1 aromatic carbocycles. The van der Waals surface area contributed by atoms with E-state index in [0.717, 1.165) is 12.1 Å². The van der Waals surface area contributed by atoms with Crippen LogP contribution in [-0.2, 0) is 0 Å². The van der Waals surface area contributed by atoms with Crippen LogP contribution in [0.2, 0.25) is 0 Å². The van der Waals surface area contributed by atoms with E-state index in [2.05, 4.69) is 15.0 Å². The van der Waals surface area contributed by atoms with Gasteiger partial charge in [-0.25, -0.2) is 18.7 Å². The van der Waals surface area contributed by atoms with E-state index >= 15 is 0 Å². The molecule has 2 rings (SSSR count). The van der Waals surface area contributed by atoms with Gasteiger partial charge < -0.3 is 5.73 Å². The van der Waals surface area contributed by atoms with Gasteiger partial charge in [0.25, 0.3) is 0 Å². The van der Waals surface area contributed by atoms with Crippen LogP contribution in [0.3, 0.4) is 0 Å². The number of rotatable bonds is 1. The molecule has 2 aromatic rings. The first-order chi connectivity index (χ1) is 7.16. The molecule has 1 heterocycles. The molecule has 0 spiro atoms. The fourth-order valence-electron chi connectivity index (χ4n) is 1.08. The van der Waals surface area contributed by atoms with Crippen LogP contribution in [0.25, 0.3) is 11.4 Å². The molecule has 0 aliphatic heterocycles. The van der Waals surface area contributed by atoms with Gasteiger partial charge in [-0.05, 0) is 18.2 Å². The van der Waals surface area contributed by atoms with Gasteiger partial charge in [0, 0.05) is 5.56 Å². The van der Waals surface area contributed by atoms with Crippen molar-refractivity contribution in [2.24, 2.45) is 0 Å². The Kier molecular flexibility index (Phi) is 2.24. The lowest BCUT2D eigenvalue weighted by molar-refractivity contribution is 0.509. The van der Waals surface area contributed by atoms with E-state index < -0.39 is 11.6 Å². The molecule has 4 nitrogen and oxygen atoms in total. The lowest BCUT2D eigenvalue weighted by Crippen LogP contribution is -1.98. The number of hydrogen-bond donors (Lipinski definition) is 1. The summed E-state index contributed by atoms with van der Waals surface area (Å²) in [4.78, 5) is 11.2. The van der Waals surface area contributed by atoms with Crippen LogP contribution in [0, 0.1) is 11.6 Å². The Bertz CT molecular complexity index is 501. The van der Waals surface area contributed by atoms with Crippen molar-refractivity contribution in [2.45, 2.75) is 0 Å². The first kappa shape index (κ1) is 9.45. The number of benzene rings is 1. The van der Waals surface area contributed by atoms with Gasteiger partial charge in [-0.15, -0.1) is 0 Å². The van der Waals surface area contributed by atoms with Gasteiger partial charge >= 0.3 is 0 Å². The Morgan fingerprint density at radius 2 is 1.87 bits per heavy atom. The van der Waals surface area contributed by atoms with Gasteiger partial charge in [0.15, 0.2) is 17.5 Å². The molecule has 0 unspecified atom stereocenters. The smallest absolute Gasteiger partial charge is 0.223 e. The second-order valence-electron chi connectivity index (χ2n) is 2.80. The highest BCUT2D eigenvalue weighted by Crippen LogP contribution is 2.17. The zero-order chi connectivity index (χ0) is 10.8. The van der Waals surface area contributed by atoms with Crippen molar-refractivity contribution in [3.8, 4) is 11.4 Å². The standard InChI is InChI=1S/C9H6F2N4/c10-6-2-1-5(3-7(6)11)8-13-4-14-9(12)15-8/h1-4H,(H2,12,13,14,15). The fourth-order valence-corrected chi connectivity index (χ4v) is 1.08. The summed E-state index contributed by atoms with van der Waals surface area (Å²) in [5.74, 6) is -1.63. The van der Waals surface area contributed by atoms with Crippen molar-refractivity contribution in [2.75, 3.05) is 5.73 Å². The molecule has 15 heavy (non-hydrogen) atoms. The molecule has 0 amide bonds. The topological polar surface area (TPSA) is 64.7 Å².